The van der Waals surface area contributed by atoms with Crippen molar-refractivity contribution in [2.75, 3.05) is 5.75 Å². The number of aryl methyl sites for hydroxylation is 2. The van der Waals surface area contributed by atoms with Crippen molar-refractivity contribution >= 4 is 66.5 Å². The first kappa shape index (κ1) is 19.2. The number of hydrogen-bond donors (Lipinski definition) is 2. The molecule has 0 spiro atoms. The molecule has 0 aromatic carbocycles. The minimum absolute atomic E-state index is 0.0187. The number of thiophene rings is 2. The third-order valence-electron chi connectivity index (χ3n) is 4.42. The number of carbonyl (C=O) groups is 1. The number of nitrogens with zero attached hydrogens (tertiary/aromatic N) is 1. The number of amides is 1. The molecule has 2 N–H and O–H groups in total. The summed E-state index contributed by atoms with van der Waals surface area (Å²) >= 11 is 8.30. The maximum absolute atomic E-state index is 12.4. The predicted molar refractivity (Wildman–Crippen MR) is 117 cm³/mol. The molecule has 0 saturated heterocycles. The van der Waals surface area contributed by atoms with Gasteiger partial charge in [-0.2, -0.15) is 11.8 Å². The second kappa shape index (κ2) is 8.46. The van der Waals surface area contributed by atoms with Crippen LogP contribution in [0.2, 0.25) is 0 Å². The van der Waals surface area contributed by atoms with E-state index in [0.29, 0.717) is 30.3 Å². The Morgan fingerprint density at radius 3 is 3.11 bits per heavy atom. The van der Waals surface area contributed by atoms with Crippen LogP contribution in [0.15, 0.2) is 20.7 Å². The van der Waals surface area contributed by atoms with Crippen LogP contribution in [0.3, 0.4) is 0 Å². The summed E-state index contributed by atoms with van der Waals surface area (Å²) in [6, 6.07) is 2.01. The summed E-state index contributed by atoms with van der Waals surface area (Å²) in [5.41, 5.74) is 1.19. The molecule has 4 rings (SSSR count). The summed E-state index contributed by atoms with van der Waals surface area (Å²) in [5.74, 6) is 2.04. The predicted octanol–water partition coefficient (Wildman–Crippen LogP) is 4.24. The summed E-state index contributed by atoms with van der Waals surface area (Å²) < 4.78 is 1.04. The number of hydrogen-bond acceptors (Lipinski definition) is 6. The number of rotatable bonds is 7. The number of aromatic nitrogens is 2. The number of aromatic amines is 1. The average molecular weight is 484 g/mol. The van der Waals surface area contributed by atoms with E-state index in [1.54, 1.807) is 34.4 Å². The Kier molecular flexibility index (Phi) is 6.01. The van der Waals surface area contributed by atoms with Gasteiger partial charge in [-0.05, 0) is 46.8 Å². The molecule has 142 valence electrons. The Morgan fingerprint density at radius 1 is 1.41 bits per heavy atom. The smallest absolute Gasteiger partial charge is 0.259 e. The van der Waals surface area contributed by atoms with Crippen LogP contribution in [0.5, 0.6) is 0 Å². The Hall–Kier alpha value is -1.16. The molecule has 0 saturated carbocycles. The van der Waals surface area contributed by atoms with Gasteiger partial charge in [-0.25, -0.2) is 4.98 Å². The lowest BCUT2D eigenvalue weighted by Crippen LogP contribution is -2.22. The third-order valence-corrected chi connectivity index (χ3v) is 8.27. The van der Waals surface area contributed by atoms with Crippen molar-refractivity contribution in [2.24, 2.45) is 0 Å². The normalized spacial score (nSPS) is 13.2. The molecule has 27 heavy (non-hydrogen) atoms. The molecule has 3 heterocycles. The van der Waals surface area contributed by atoms with Crippen LogP contribution in [0.1, 0.15) is 34.0 Å². The van der Waals surface area contributed by atoms with Crippen LogP contribution in [0, 0.1) is 0 Å². The van der Waals surface area contributed by atoms with Crippen molar-refractivity contribution in [1.29, 1.82) is 0 Å². The van der Waals surface area contributed by atoms with Crippen molar-refractivity contribution in [3.63, 3.8) is 0 Å². The Morgan fingerprint density at radius 2 is 2.30 bits per heavy atom. The first-order valence-electron chi connectivity index (χ1n) is 8.71. The van der Waals surface area contributed by atoms with Gasteiger partial charge in [0.15, 0.2) is 0 Å². The Bertz CT molecular complexity index is 1040. The van der Waals surface area contributed by atoms with Gasteiger partial charge >= 0.3 is 0 Å². The minimum atomic E-state index is -0.0187. The zero-order valence-corrected chi connectivity index (χ0v) is 18.5. The van der Waals surface area contributed by atoms with Crippen molar-refractivity contribution < 1.29 is 4.79 Å². The zero-order chi connectivity index (χ0) is 18.8. The number of thioether (sulfide) groups is 1. The molecule has 3 aromatic rings. The van der Waals surface area contributed by atoms with Crippen molar-refractivity contribution in [3.8, 4) is 0 Å². The fourth-order valence-electron chi connectivity index (χ4n) is 3.17. The summed E-state index contributed by atoms with van der Waals surface area (Å²) in [6.07, 6.45) is 3.65. The molecule has 0 bridgehead atoms. The van der Waals surface area contributed by atoms with Crippen LogP contribution in [-0.4, -0.2) is 21.6 Å². The quantitative estimate of drug-likeness (QED) is 0.492. The molecule has 5 nitrogen and oxygen atoms in total. The van der Waals surface area contributed by atoms with Crippen LogP contribution < -0.4 is 10.9 Å². The fraction of sp³-hybridized carbons (Fsp3) is 0.389. The highest BCUT2D eigenvalue weighted by Crippen LogP contribution is 2.34. The van der Waals surface area contributed by atoms with E-state index in [0.717, 1.165) is 38.8 Å². The lowest BCUT2D eigenvalue weighted by Gasteiger charge is -2.04. The molecule has 0 fully saturated rings. The molecule has 1 amide bonds. The van der Waals surface area contributed by atoms with Gasteiger partial charge in [-0.1, -0.05) is 0 Å². The highest BCUT2D eigenvalue weighted by atomic mass is 79.9. The van der Waals surface area contributed by atoms with E-state index in [9.17, 15) is 9.59 Å². The maximum Gasteiger partial charge on any atom is 0.259 e. The van der Waals surface area contributed by atoms with E-state index in [1.165, 1.54) is 10.4 Å². The molecule has 3 aromatic heterocycles. The van der Waals surface area contributed by atoms with Crippen molar-refractivity contribution in [1.82, 2.24) is 15.3 Å². The number of halogens is 1. The average Bonchev–Trinajstić information content (AvgIpc) is 3.32. The Labute approximate surface area is 177 Å². The van der Waals surface area contributed by atoms with Gasteiger partial charge in [-0.3, -0.25) is 9.59 Å². The largest absolute Gasteiger partial charge is 0.351 e. The van der Waals surface area contributed by atoms with Gasteiger partial charge in [0.2, 0.25) is 5.91 Å². The lowest BCUT2D eigenvalue weighted by molar-refractivity contribution is -0.120. The van der Waals surface area contributed by atoms with Crippen molar-refractivity contribution in [2.45, 2.75) is 38.0 Å². The molecular formula is C18H18BrN3O2S3. The minimum Gasteiger partial charge on any atom is -0.351 e. The molecule has 0 unspecified atom stereocenters. The monoisotopic (exact) mass is 483 g/mol. The molecule has 1 aliphatic carbocycles. The van der Waals surface area contributed by atoms with E-state index in [4.69, 9.17) is 0 Å². The molecule has 1 aliphatic rings. The molecule has 0 atom stereocenters. The highest BCUT2D eigenvalue weighted by Gasteiger charge is 2.21. The molecular weight excluding hydrogens is 466 g/mol. The molecule has 9 heteroatoms. The summed E-state index contributed by atoms with van der Waals surface area (Å²) in [7, 11) is 0. The first-order valence-corrected chi connectivity index (χ1v) is 12.4. The second-order valence-corrected chi connectivity index (χ2v) is 10.5. The topological polar surface area (TPSA) is 74.8 Å². The first-order chi connectivity index (χ1) is 13.1. The van der Waals surface area contributed by atoms with Crippen LogP contribution in [0.25, 0.3) is 10.2 Å². The number of carbonyl (C=O) groups excluding carboxylic acids is 1. The van der Waals surface area contributed by atoms with Crippen LogP contribution in [-0.2, 0) is 29.9 Å². The summed E-state index contributed by atoms with van der Waals surface area (Å²) in [5, 5.41) is 5.73. The SMILES string of the molecule is O=C(CCSCc1nc2sc3c(c2c(=O)[nH]1)CCC3)NCc1cc(Br)cs1. The van der Waals surface area contributed by atoms with Crippen molar-refractivity contribution in [3.05, 3.63) is 47.4 Å². The van der Waals surface area contributed by atoms with Crippen LogP contribution >= 0.6 is 50.4 Å². The zero-order valence-electron chi connectivity index (χ0n) is 14.5. The van der Waals surface area contributed by atoms with Gasteiger partial charge in [0.05, 0.1) is 17.7 Å². The highest BCUT2D eigenvalue weighted by molar-refractivity contribution is 9.10. The van der Waals surface area contributed by atoms with Gasteiger partial charge < -0.3 is 10.3 Å². The van der Waals surface area contributed by atoms with Gasteiger partial charge in [0, 0.05) is 31.8 Å². The van der Waals surface area contributed by atoms with E-state index in [-0.39, 0.29) is 11.5 Å². The van der Waals surface area contributed by atoms with E-state index in [1.807, 2.05) is 11.4 Å². The summed E-state index contributed by atoms with van der Waals surface area (Å²) in [6.45, 7) is 0.564. The fourth-order valence-corrected chi connectivity index (χ4v) is 6.65. The second-order valence-electron chi connectivity index (χ2n) is 6.36. The Balaban J connectivity index is 1.27. The lowest BCUT2D eigenvalue weighted by atomic mass is 10.2. The van der Waals surface area contributed by atoms with E-state index in [2.05, 4.69) is 31.2 Å². The van der Waals surface area contributed by atoms with Gasteiger partial charge in [0.1, 0.15) is 10.7 Å². The van der Waals surface area contributed by atoms with Crippen LogP contribution in [0.4, 0.5) is 0 Å². The van der Waals surface area contributed by atoms with Gasteiger partial charge in [-0.15, -0.1) is 22.7 Å². The standard InChI is InChI=1S/C18H18BrN3O2S3/c19-10-6-11(26-8-10)7-20-15(23)4-5-25-9-14-21-17(24)16-12-2-1-3-13(12)27-18(16)22-14/h6,8H,1-5,7,9H2,(H,20,23)(H,21,22,24). The third kappa shape index (κ3) is 4.47. The van der Waals surface area contributed by atoms with E-state index < -0.39 is 0 Å². The molecule has 0 radical (unpaired) electrons. The van der Waals surface area contributed by atoms with Gasteiger partial charge in [0.25, 0.3) is 5.56 Å². The van der Waals surface area contributed by atoms with E-state index >= 15 is 0 Å². The maximum atomic E-state index is 12.4. The number of fused-ring (bicyclic) bond motifs is 3. The molecule has 0 aliphatic heterocycles. The number of H-pyrrole nitrogens is 1. The number of nitrogens with one attached hydrogen (secondary N) is 2. The summed E-state index contributed by atoms with van der Waals surface area (Å²) in [4.78, 5) is 35.2.